The maximum atomic E-state index is 13.7. The van der Waals surface area contributed by atoms with Gasteiger partial charge in [-0.2, -0.15) is 4.31 Å². The fraction of sp³-hybridized carbons (Fsp3) is 0.692. The van der Waals surface area contributed by atoms with Crippen LogP contribution in [0.4, 0.5) is 17.6 Å². The maximum absolute atomic E-state index is 13.7. The molecule has 0 radical (unpaired) electrons. The number of fused-ring (bicyclic) bond motifs is 1. The van der Waals surface area contributed by atoms with Crippen molar-refractivity contribution in [1.82, 2.24) is 14.5 Å². The van der Waals surface area contributed by atoms with Crippen molar-refractivity contribution < 1.29 is 30.8 Å². The van der Waals surface area contributed by atoms with Crippen LogP contribution in [0.25, 0.3) is 0 Å². The molecule has 0 unspecified atom stereocenters. The Morgan fingerprint density at radius 2 is 1.80 bits per heavy atom. The minimum atomic E-state index is -4.14. The molecule has 0 aromatic heterocycles. The Morgan fingerprint density at radius 1 is 1.18 bits per heavy atom. The third-order valence-electron chi connectivity index (χ3n) is 8.63. The first-order chi connectivity index (χ1) is 18.3. The van der Waals surface area contributed by atoms with Gasteiger partial charge in [-0.3, -0.25) is 9.79 Å². The highest BCUT2D eigenvalue weighted by molar-refractivity contribution is 7.89. The summed E-state index contributed by atoms with van der Waals surface area (Å²) in [5.41, 5.74) is -1.81. The normalized spacial score (nSPS) is 30.5. The van der Waals surface area contributed by atoms with Crippen molar-refractivity contribution in [2.75, 3.05) is 18.8 Å². The Morgan fingerprint density at radius 3 is 2.38 bits per heavy atom. The van der Waals surface area contributed by atoms with Gasteiger partial charge in [-0.05, 0) is 51.3 Å². The number of nitrogens with zero attached hydrogens (tertiary/aromatic N) is 3. The van der Waals surface area contributed by atoms with Crippen molar-refractivity contribution in [1.29, 1.82) is 0 Å². The van der Waals surface area contributed by atoms with Gasteiger partial charge < -0.3 is 10.2 Å². The summed E-state index contributed by atoms with van der Waals surface area (Å²) in [4.78, 5) is 19.4. The topological polar surface area (TPSA) is 82.1 Å². The van der Waals surface area contributed by atoms with Crippen molar-refractivity contribution in [3.63, 3.8) is 0 Å². The number of hydrogen-bond donors (Lipinski definition) is 1. The van der Waals surface area contributed by atoms with Crippen LogP contribution in [0.15, 0.2) is 23.2 Å². The summed E-state index contributed by atoms with van der Waals surface area (Å²) in [6.07, 6.45) is -0.791. The molecule has 1 N–H and O–H groups in total. The predicted octanol–water partition coefficient (Wildman–Crippen LogP) is 5.11. The molecule has 1 aromatic carbocycles. The van der Waals surface area contributed by atoms with Gasteiger partial charge in [0.1, 0.15) is 5.84 Å². The van der Waals surface area contributed by atoms with Crippen LogP contribution < -0.4 is 5.32 Å². The molecule has 0 spiro atoms. The second-order valence-electron chi connectivity index (χ2n) is 12.3. The highest BCUT2D eigenvalue weighted by Crippen LogP contribution is 2.82. The highest BCUT2D eigenvalue weighted by Gasteiger charge is 2.90. The van der Waals surface area contributed by atoms with Gasteiger partial charge in [0.05, 0.1) is 32.3 Å². The first-order valence-electron chi connectivity index (χ1n) is 13.2. The molecule has 4 aliphatic rings. The lowest BCUT2D eigenvalue weighted by molar-refractivity contribution is -0.139. The van der Waals surface area contributed by atoms with Crippen LogP contribution in [0.2, 0.25) is 10.0 Å². The number of likely N-dealkylation sites (tertiary alicyclic amines) is 1. The molecule has 14 heteroatoms. The molecule has 2 aliphatic carbocycles. The number of amidine groups is 1. The molecule has 1 saturated heterocycles. The minimum absolute atomic E-state index is 0.0594. The molecule has 40 heavy (non-hydrogen) atoms. The minimum Gasteiger partial charge on any atom is -0.366 e. The van der Waals surface area contributed by atoms with Crippen LogP contribution in [0, 0.1) is 5.41 Å². The lowest BCUT2D eigenvalue weighted by Crippen LogP contribution is -2.54. The number of halogens is 6. The smallest absolute Gasteiger partial charge is 0.251 e. The molecule has 2 saturated carbocycles. The Kier molecular flexibility index (Phi) is 7.04. The first kappa shape index (κ1) is 29.8. The van der Waals surface area contributed by atoms with E-state index in [1.807, 2.05) is 0 Å². The number of hydrogen-bond acceptors (Lipinski definition) is 5. The molecule has 7 nitrogen and oxygen atoms in total. The Balaban J connectivity index is 1.40. The standard InChI is InChI=1S/C26H32Cl2F4N4O3S/c1-22(2)19(20(37)35-9-6-26(31,32)7-10-35)33-21(34-22)24-14-25(24,15-24)36(40(38,39)11-8-23(3,29)30)13-16-4-5-17(27)18(28)12-16/h4-5,12,19H,6-11,13-15H2,1-3H3,(H,33,34)/t19-,24?,25?/m0/s1. The van der Waals surface area contributed by atoms with Crippen molar-refractivity contribution in [2.24, 2.45) is 10.4 Å². The van der Waals surface area contributed by atoms with Gasteiger partial charge in [-0.25, -0.2) is 26.0 Å². The summed E-state index contributed by atoms with van der Waals surface area (Å²) >= 11 is 12.2. The summed E-state index contributed by atoms with van der Waals surface area (Å²) in [5.74, 6) is -6.54. The zero-order valence-corrected chi connectivity index (χ0v) is 24.7. The summed E-state index contributed by atoms with van der Waals surface area (Å²) in [6, 6.07) is 3.88. The molecule has 3 fully saturated rings. The van der Waals surface area contributed by atoms with E-state index in [2.05, 4.69) is 5.32 Å². The number of amides is 1. The first-order valence-corrected chi connectivity index (χ1v) is 15.5. The van der Waals surface area contributed by atoms with Crippen LogP contribution in [0.5, 0.6) is 0 Å². The lowest BCUT2D eigenvalue weighted by Gasteiger charge is -2.35. The molecule has 1 aromatic rings. The number of sulfonamides is 1. The van der Waals surface area contributed by atoms with E-state index < -0.39 is 69.4 Å². The van der Waals surface area contributed by atoms with E-state index in [1.54, 1.807) is 32.0 Å². The number of carbonyl (C=O) groups excluding carboxylic acids is 1. The van der Waals surface area contributed by atoms with E-state index in [1.165, 1.54) is 9.21 Å². The average molecular weight is 628 g/mol. The summed E-state index contributed by atoms with van der Waals surface area (Å²) in [5, 5.41) is 3.85. The average Bonchev–Trinajstić information content (AvgIpc) is 3.63. The maximum Gasteiger partial charge on any atom is 0.251 e. The summed E-state index contributed by atoms with van der Waals surface area (Å²) in [7, 11) is -4.14. The van der Waals surface area contributed by atoms with Crippen LogP contribution in [-0.4, -0.2) is 77.2 Å². The number of aliphatic imine (C=N–C) groups is 1. The van der Waals surface area contributed by atoms with Gasteiger partial charge >= 0.3 is 0 Å². The van der Waals surface area contributed by atoms with Crippen LogP contribution >= 0.6 is 23.2 Å². The van der Waals surface area contributed by atoms with Crippen molar-refractivity contribution in [3.05, 3.63) is 33.8 Å². The number of piperidine rings is 1. The number of benzene rings is 1. The van der Waals surface area contributed by atoms with Crippen LogP contribution in [0.3, 0.4) is 0 Å². The van der Waals surface area contributed by atoms with E-state index in [-0.39, 0.29) is 30.6 Å². The fourth-order valence-electron chi connectivity index (χ4n) is 5.93. The molecule has 1 amide bonds. The molecule has 222 valence electrons. The predicted molar refractivity (Wildman–Crippen MR) is 145 cm³/mol. The SMILES string of the molecule is CC(F)(F)CCS(=O)(=O)N(Cc1ccc(Cl)c(Cl)c1)C12CC1(C1=N[C@@H](C(=O)N3CCC(F)(F)CC3)C(C)(C)N1)C2. The zero-order chi connectivity index (χ0) is 29.5. The summed E-state index contributed by atoms with van der Waals surface area (Å²) < 4.78 is 82.9. The highest BCUT2D eigenvalue weighted by atomic mass is 35.5. The van der Waals surface area contributed by atoms with E-state index in [4.69, 9.17) is 28.2 Å². The number of nitrogens with one attached hydrogen (secondary N) is 1. The molecule has 5 rings (SSSR count). The van der Waals surface area contributed by atoms with Crippen molar-refractivity contribution in [3.8, 4) is 0 Å². The Hall–Kier alpha value is -1.63. The van der Waals surface area contributed by atoms with E-state index in [9.17, 15) is 30.8 Å². The summed E-state index contributed by atoms with van der Waals surface area (Å²) in [6.45, 7) is 4.06. The third kappa shape index (κ3) is 5.33. The molecular weight excluding hydrogens is 595 g/mol. The molecule has 0 bridgehead atoms. The number of alkyl halides is 4. The quantitative estimate of drug-likeness (QED) is 0.386. The van der Waals surface area contributed by atoms with Gasteiger partial charge in [0.15, 0.2) is 6.04 Å². The second-order valence-corrected chi connectivity index (χ2v) is 15.1. The van der Waals surface area contributed by atoms with Gasteiger partial charge in [-0.1, -0.05) is 29.3 Å². The molecule has 2 heterocycles. The number of rotatable bonds is 9. The molecule has 2 aliphatic heterocycles. The zero-order valence-electron chi connectivity index (χ0n) is 22.4. The van der Waals surface area contributed by atoms with Gasteiger partial charge in [0, 0.05) is 38.9 Å². The lowest BCUT2D eigenvalue weighted by atomic mass is 9.94. The van der Waals surface area contributed by atoms with E-state index in [0.29, 0.717) is 36.2 Å². The third-order valence-corrected chi connectivity index (χ3v) is 11.2. The molecule has 1 atom stereocenters. The van der Waals surface area contributed by atoms with E-state index in [0.717, 1.165) is 0 Å². The van der Waals surface area contributed by atoms with Gasteiger partial charge in [0.2, 0.25) is 21.9 Å². The Labute approximate surface area is 241 Å². The van der Waals surface area contributed by atoms with E-state index >= 15 is 0 Å². The van der Waals surface area contributed by atoms with Crippen molar-refractivity contribution in [2.45, 2.75) is 88.4 Å². The monoisotopic (exact) mass is 626 g/mol. The Bertz CT molecular complexity index is 1350. The van der Waals surface area contributed by atoms with Crippen molar-refractivity contribution >= 4 is 45.0 Å². The largest absolute Gasteiger partial charge is 0.366 e. The van der Waals surface area contributed by atoms with Gasteiger partial charge in [0.25, 0.3) is 5.92 Å². The van der Waals surface area contributed by atoms with Crippen LogP contribution in [-0.2, 0) is 21.4 Å². The second kappa shape index (κ2) is 9.44. The molecular formula is C26H32Cl2F4N4O3S. The van der Waals surface area contributed by atoms with Crippen LogP contribution in [0.1, 0.15) is 58.4 Å². The van der Waals surface area contributed by atoms with Gasteiger partial charge in [-0.15, -0.1) is 0 Å². The number of carbonyl (C=O) groups is 1. The fourth-order valence-corrected chi connectivity index (χ4v) is 8.27.